The molecule has 0 bridgehead atoms. The van der Waals surface area contributed by atoms with Crippen LogP contribution >= 0.6 is 0 Å². The molecule has 10 heteroatoms. The SMILES string of the molecule is COc1cc(C=C2C(=O)N(c3ccccc3)C(=O)N(c3ccccc3)C2=O)ccc1OCC(=O)Nc1ccccc1F. The topological polar surface area (TPSA) is 105 Å². The number of rotatable bonds is 8. The fourth-order valence-corrected chi connectivity index (χ4v) is 4.29. The second-order valence-electron chi connectivity index (χ2n) is 9.02. The summed E-state index contributed by atoms with van der Waals surface area (Å²) in [6.45, 7) is -0.428. The first-order valence-corrected chi connectivity index (χ1v) is 12.8. The number of hydrogen-bond acceptors (Lipinski definition) is 6. The Morgan fingerprint density at radius 1 is 0.786 bits per heavy atom. The number of benzene rings is 4. The summed E-state index contributed by atoms with van der Waals surface area (Å²) in [4.78, 5) is 54.8. The molecule has 0 aromatic heterocycles. The zero-order valence-electron chi connectivity index (χ0n) is 22.3. The molecule has 0 radical (unpaired) electrons. The van der Waals surface area contributed by atoms with E-state index < -0.39 is 36.2 Å². The lowest BCUT2D eigenvalue weighted by Gasteiger charge is -2.33. The van der Waals surface area contributed by atoms with Crippen molar-refractivity contribution in [3.63, 3.8) is 0 Å². The van der Waals surface area contributed by atoms with E-state index in [4.69, 9.17) is 9.47 Å². The Labute approximate surface area is 240 Å². The van der Waals surface area contributed by atoms with Gasteiger partial charge in [0.15, 0.2) is 18.1 Å². The molecule has 1 saturated heterocycles. The number of carbonyl (C=O) groups excluding carboxylic acids is 4. The lowest BCUT2D eigenvalue weighted by molar-refractivity contribution is -0.121. The molecule has 4 aromatic carbocycles. The van der Waals surface area contributed by atoms with Crippen molar-refractivity contribution in [2.24, 2.45) is 0 Å². The third-order valence-electron chi connectivity index (χ3n) is 6.28. The van der Waals surface area contributed by atoms with E-state index in [9.17, 15) is 23.6 Å². The van der Waals surface area contributed by atoms with Gasteiger partial charge in [-0.2, -0.15) is 0 Å². The third kappa shape index (κ3) is 5.73. The van der Waals surface area contributed by atoms with Gasteiger partial charge in [-0.25, -0.2) is 19.0 Å². The highest BCUT2D eigenvalue weighted by Crippen LogP contribution is 2.32. The van der Waals surface area contributed by atoms with E-state index in [-0.39, 0.29) is 22.8 Å². The molecule has 0 atom stereocenters. The number of barbiturate groups is 1. The molecule has 9 nitrogen and oxygen atoms in total. The summed E-state index contributed by atoms with van der Waals surface area (Å²) in [5, 5.41) is 2.43. The molecule has 1 aliphatic heterocycles. The van der Waals surface area contributed by atoms with Gasteiger partial charge in [-0.15, -0.1) is 0 Å². The van der Waals surface area contributed by atoms with E-state index in [0.717, 1.165) is 9.80 Å². The number of nitrogens with one attached hydrogen (secondary N) is 1. The van der Waals surface area contributed by atoms with E-state index in [1.165, 1.54) is 43.5 Å². The maximum absolute atomic E-state index is 13.8. The molecule has 42 heavy (non-hydrogen) atoms. The van der Waals surface area contributed by atoms with E-state index in [1.54, 1.807) is 72.8 Å². The number of para-hydroxylation sites is 3. The molecular formula is C32H24FN3O6. The quantitative estimate of drug-likeness (QED) is 0.226. The second kappa shape index (κ2) is 12.2. The number of nitrogens with zero attached hydrogens (tertiary/aromatic N) is 2. The number of imide groups is 2. The first-order valence-electron chi connectivity index (χ1n) is 12.8. The average molecular weight is 566 g/mol. The van der Waals surface area contributed by atoms with Crippen molar-refractivity contribution in [1.29, 1.82) is 0 Å². The average Bonchev–Trinajstić information content (AvgIpc) is 3.01. The van der Waals surface area contributed by atoms with Crippen molar-refractivity contribution in [3.8, 4) is 11.5 Å². The third-order valence-corrected chi connectivity index (χ3v) is 6.28. The van der Waals surface area contributed by atoms with Gasteiger partial charge in [0.05, 0.1) is 24.2 Å². The Morgan fingerprint density at radius 2 is 1.36 bits per heavy atom. The number of anilines is 3. The van der Waals surface area contributed by atoms with Crippen LogP contribution in [0.25, 0.3) is 6.08 Å². The van der Waals surface area contributed by atoms with Crippen molar-refractivity contribution < 1.29 is 33.0 Å². The van der Waals surface area contributed by atoms with Crippen molar-refractivity contribution in [1.82, 2.24) is 0 Å². The molecule has 4 aromatic rings. The number of halogens is 1. The first-order chi connectivity index (χ1) is 20.4. The van der Waals surface area contributed by atoms with Gasteiger partial charge in [0.2, 0.25) is 0 Å². The van der Waals surface area contributed by atoms with E-state index in [0.29, 0.717) is 16.9 Å². The number of ether oxygens (including phenoxy) is 2. The van der Waals surface area contributed by atoms with Crippen molar-refractivity contribution >= 4 is 46.9 Å². The Morgan fingerprint density at radius 3 is 1.93 bits per heavy atom. The first kappa shape index (κ1) is 27.8. The second-order valence-corrected chi connectivity index (χ2v) is 9.02. The van der Waals surface area contributed by atoms with Gasteiger partial charge in [-0.1, -0.05) is 54.6 Å². The molecule has 1 fully saturated rings. The summed E-state index contributed by atoms with van der Waals surface area (Å²) in [5.74, 6) is -2.31. The fourth-order valence-electron chi connectivity index (χ4n) is 4.29. The Balaban J connectivity index is 1.43. The summed E-state index contributed by atoms with van der Waals surface area (Å²) in [6.07, 6.45) is 1.36. The summed E-state index contributed by atoms with van der Waals surface area (Å²) >= 11 is 0. The molecule has 1 N–H and O–H groups in total. The molecule has 1 heterocycles. The summed E-state index contributed by atoms with van der Waals surface area (Å²) < 4.78 is 24.8. The molecule has 0 saturated carbocycles. The molecule has 0 spiro atoms. The maximum atomic E-state index is 13.8. The fraction of sp³-hybridized carbons (Fsp3) is 0.0625. The van der Waals surface area contributed by atoms with Crippen LogP contribution in [0.15, 0.2) is 109 Å². The molecular weight excluding hydrogens is 541 g/mol. The minimum absolute atomic E-state index is 0.0226. The zero-order valence-corrected chi connectivity index (χ0v) is 22.3. The number of hydrogen-bond donors (Lipinski definition) is 1. The molecule has 5 rings (SSSR count). The van der Waals surface area contributed by atoms with Crippen LogP contribution in [0.2, 0.25) is 0 Å². The van der Waals surface area contributed by atoms with Crippen molar-refractivity contribution in [2.75, 3.05) is 28.8 Å². The van der Waals surface area contributed by atoms with Crippen molar-refractivity contribution in [3.05, 3.63) is 120 Å². The Hall–Kier alpha value is -5.77. The smallest absolute Gasteiger partial charge is 0.343 e. The van der Waals surface area contributed by atoms with Gasteiger partial charge < -0.3 is 14.8 Å². The number of methoxy groups -OCH3 is 1. The van der Waals surface area contributed by atoms with Crippen LogP contribution in [0.5, 0.6) is 11.5 Å². The zero-order chi connectivity index (χ0) is 29.6. The number of amides is 5. The Kier molecular flexibility index (Phi) is 8.05. The van der Waals surface area contributed by atoms with Crippen LogP contribution in [-0.4, -0.2) is 37.5 Å². The monoisotopic (exact) mass is 565 g/mol. The highest BCUT2D eigenvalue weighted by atomic mass is 19.1. The Bertz CT molecular complexity index is 1630. The normalized spacial score (nSPS) is 13.2. The van der Waals surface area contributed by atoms with Crippen molar-refractivity contribution in [2.45, 2.75) is 0 Å². The lowest BCUT2D eigenvalue weighted by Crippen LogP contribution is -2.57. The van der Waals surface area contributed by atoms with Gasteiger partial charge >= 0.3 is 6.03 Å². The molecule has 1 aliphatic rings. The molecule has 210 valence electrons. The van der Waals surface area contributed by atoms with Gasteiger partial charge in [-0.3, -0.25) is 14.4 Å². The van der Waals surface area contributed by atoms with Crippen LogP contribution in [-0.2, 0) is 14.4 Å². The lowest BCUT2D eigenvalue weighted by atomic mass is 10.0. The van der Waals surface area contributed by atoms with Crippen LogP contribution < -0.4 is 24.6 Å². The summed E-state index contributed by atoms with van der Waals surface area (Å²) in [7, 11) is 1.39. The summed E-state index contributed by atoms with van der Waals surface area (Å²) in [5.41, 5.74) is 0.794. The van der Waals surface area contributed by atoms with Crippen LogP contribution in [0.4, 0.5) is 26.2 Å². The van der Waals surface area contributed by atoms with E-state index in [1.807, 2.05) is 0 Å². The summed E-state index contributed by atoms with van der Waals surface area (Å²) in [6, 6.07) is 26.2. The van der Waals surface area contributed by atoms with Crippen LogP contribution in [0.3, 0.4) is 0 Å². The van der Waals surface area contributed by atoms with E-state index in [2.05, 4.69) is 5.32 Å². The largest absolute Gasteiger partial charge is 0.493 e. The van der Waals surface area contributed by atoms with Gasteiger partial charge in [0.25, 0.3) is 17.7 Å². The maximum Gasteiger partial charge on any atom is 0.343 e. The molecule has 0 aliphatic carbocycles. The standard InChI is InChI=1S/C32H24FN3O6/c1-41-28-19-21(16-17-27(28)42-20-29(37)34-26-15-9-8-14-25(26)33)18-24-30(38)35(22-10-4-2-5-11-22)32(40)36(31(24)39)23-12-6-3-7-13-23/h2-19H,20H2,1H3,(H,34,37). The minimum atomic E-state index is -0.797. The van der Waals surface area contributed by atoms with Crippen LogP contribution in [0.1, 0.15) is 5.56 Å². The van der Waals surface area contributed by atoms with Gasteiger partial charge in [0.1, 0.15) is 11.4 Å². The number of carbonyl (C=O) groups is 4. The highest BCUT2D eigenvalue weighted by Gasteiger charge is 2.43. The number of urea groups is 1. The molecule has 0 unspecified atom stereocenters. The molecule has 5 amide bonds. The highest BCUT2D eigenvalue weighted by molar-refractivity contribution is 6.46. The minimum Gasteiger partial charge on any atom is -0.493 e. The van der Waals surface area contributed by atoms with E-state index >= 15 is 0 Å². The predicted octanol–water partition coefficient (Wildman–Crippen LogP) is 5.44. The van der Waals surface area contributed by atoms with Crippen LogP contribution in [0, 0.1) is 5.82 Å². The van der Waals surface area contributed by atoms with Gasteiger partial charge in [-0.05, 0) is 60.2 Å². The predicted molar refractivity (Wildman–Crippen MR) is 155 cm³/mol. The van der Waals surface area contributed by atoms with Gasteiger partial charge in [0, 0.05) is 0 Å².